The van der Waals surface area contributed by atoms with Crippen molar-refractivity contribution in [2.45, 2.75) is 26.0 Å². The SMILES string of the molecule is CCOc1ccc(NC(=O)C(Cc2ccccc2)NC(=O)OCc2ccccc2)cc1. The summed E-state index contributed by atoms with van der Waals surface area (Å²) in [6.07, 6.45) is -0.309. The van der Waals surface area contributed by atoms with Gasteiger partial charge in [-0.2, -0.15) is 0 Å². The highest BCUT2D eigenvalue weighted by molar-refractivity contribution is 5.96. The van der Waals surface area contributed by atoms with Gasteiger partial charge in [-0.05, 0) is 42.3 Å². The van der Waals surface area contributed by atoms with Crippen LogP contribution in [-0.2, 0) is 22.6 Å². The predicted octanol–water partition coefficient (Wildman–Crippen LogP) is 4.56. The topological polar surface area (TPSA) is 76.7 Å². The van der Waals surface area contributed by atoms with Crippen LogP contribution in [0.5, 0.6) is 5.75 Å². The second-order valence-electron chi connectivity index (χ2n) is 6.90. The van der Waals surface area contributed by atoms with Crippen molar-refractivity contribution in [1.29, 1.82) is 0 Å². The van der Waals surface area contributed by atoms with E-state index in [1.165, 1.54) is 0 Å². The molecular formula is C25H26N2O4. The number of hydrogen-bond acceptors (Lipinski definition) is 4. The smallest absolute Gasteiger partial charge is 0.408 e. The zero-order valence-electron chi connectivity index (χ0n) is 17.4. The fourth-order valence-electron chi connectivity index (χ4n) is 3.00. The van der Waals surface area contributed by atoms with Gasteiger partial charge in [-0.15, -0.1) is 0 Å². The van der Waals surface area contributed by atoms with Crippen molar-refractivity contribution < 1.29 is 19.1 Å². The van der Waals surface area contributed by atoms with Crippen LogP contribution in [0.2, 0.25) is 0 Å². The van der Waals surface area contributed by atoms with Crippen LogP contribution >= 0.6 is 0 Å². The Morgan fingerprint density at radius 3 is 2.06 bits per heavy atom. The largest absolute Gasteiger partial charge is 0.494 e. The van der Waals surface area contributed by atoms with E-state index in [0.29, 0.717) is 18.7 Å². The van der Waals surface area contributed by atoms with Gasteiger partial charge in [0.05, 0.1) is 6.61 Å². The van der Waals surface area contributed by atoms with Gasteiger partial charge in [0, 0.05) is 12.1 Å². The maximum atomic E-state index is 12.9. The summed E-state index contributed by atoms with van der Waals surface area (Å²) in [5.41, 5.74) is 2.42. The lowest BCUT2D eigenvalue weighted by molar-refractivity contribution is -0.118. The van der Waals surface area contributed by atoms with Crippen LogP contribution in [0.15, 0.2) is 84.9 Å². The van der Waals surface area contributed by atoms with Crippen LogP contribution in [0.4, 0.5) is 10.5 Å². The summed E-state index contributed by atoms with van der Waals surface area (Å²) in [5.74, 6) is 0.397. The number of amides is 2. The average molecular weight is 418 g/mol. The first-order valence-electron chi connectivity index (χ1n) is 10.2. The van der Waals surface area contributed by atoms with Crippen LogP contribution in [0.25, 0.3) is 0 Å². The Kier molecular flexibility index (Phi) is 8.05. The number of carbonyl (C=O) groups excluding carboxylic acids is 2. The van der Waals surface area contributed by atoms with E-state index in [1.54, 1.807) is 24.3 Å². The summed E-state index contributed by atoms with van der Waals surface area (Å²) < 4.78 is 10.7. The summed E-state index contributed by atoms with van der Waals surface area (Å²) >= 11 is 0. The molecule has 0 saturated carbocycles. The Labute approximate surface area is 182 Å². The molecule has 6 nitrogen and oxygen atoms in total. The molecule has 3 aromatic carbocycles. The summed E-state index contributed by atoms with van der Waals surface area (Å²) in [6.45, 7) is 2.61. The van der Waals surface area contributed by atoms with Gasteiger partial charge in [0.15, 0.2) is 0 Å². The van der Waals surface area contributed by atoms with Crippen molar-refractivity contribution in [1.82, 2.24) is 5.32 Å². The summed E-state index contributed by atoms with van der Waals surface area (Å²) in [5, 5.41) is 5.54. The monoisotopic (exact) mass is 418 g/mol. The van der Waals surface area contributed by atoms with E-state index in [0.717, 1.165) is 16.9 Å². The highest BCUT2D eigenvalue weighted by atomic mass is 16.5. The summed E-state index contributed by atoms with van der Waals surface area (Å²) in [7, 11) is 0. The van der Waals surface area contributed by atoms with E-state index in [2.05, 4.69) is 10.6 Å². The molecule has 1 unspecified atom stereocenters. The zero-order chi connectivity index (χ0) is 21.9. The highest BCUT2D eigenvalue weighted by Crippen LogP contribution is 2.16. The highest BCUT2D eigenvalue weighted by Gasteiger charge is 2.22. The molecule has 3 rings (SSSR count). The first kappa shape index (κ1) is 21.9. The van der Waals surface area contributed by atoms with Crippen molar-refractivity contribution in [3.63, 3.8) is 0 Å². The molecular weight excluding hydrogens is 392 g/mol. The molecule has 6 heteroatoms. The van der Waals surface area contributed by atoms with Crippen LogP contribution in [0.1, 0.15) is 18.1 Å². The molecule has 3 aromatic rings. The van der Waals surface area contributed by atoms with E-state index < -0.39 is 12.1 Å². The van der Waals surface area contributed by atoms with Crippen LogP contribution < -0.4 is 15.4 Å². The average Bonchev–Trinajstić information content (AvgIpc) is 2.80. The summed E-state index contributed by atoms with van der Waals surface area (Å²) in [6, 6.07) is 25.2. The lowest BCUT2D eigenvalue weighted by Gasteiger charge is -2.19. The van der Waals surface area contributed by atoms with E-state index in [-0.39, 0.29) is 12.5 Å². The lowest BCUT2D eigenvalue weighted by Crippen LogP contribution is -2.45. The third-order valence-electron chi connectivity index (χ3n) is 4.54. The van der Waals surface area contributed by atoms with Gasteiger partial charge in [0.2, 0.25) is 5.91 Å². The van der Waals surface area contributed by atoms with Crippen molar-refractivity contribution in [3.8, 4) is 5.75 Å². The Morgan fingerprint density at radius 1 is 0.839 bits per heavy atom. The molecule has 31 heavy (non-hydrogen) atoms. The van der Waals surface area contributed by atoms with Crippen LogP contribution in [-0.4, -0.2) is 24.6 Å². The molecule has 0 spiro atoms. The lowest BCUT2D eigenvalue weighted by atomic mass is 10.1. The Morgan fingerprint density at radius 2 is 1.45 bits per heavy atom. The molecule has 2 N–H and O–H groups in total. The minimum Gasteiger partial charge on any atom is -0.494 e. The number of carbonyl (C=O) groups is 2. The molecule has 2 amide bonds. The molecule has 0 saturated heterocycles. The molecule has 0 radical (unpaired) electrons. The van der Waals surface area contributed by atoms with Crippen LogP contribution in [0, 0.1) is 0 Å². The van der Waals surface area contributed by atoms with Gasteiger partial charge in [-0.25, -0.2) is 4.79 Å². The Hall–Kier alpha value is -3.80. The van der Waals surface area contributed by atoms with E-state index in [1.807, 2.05) is 67.6 Å². The molecule has 0 fully saturated rings. The molecule has 160 valence electrons. The fourth-order valence-corrected chi connectivity index (χ4v) is 3.00. The van der Waals surface area contributed by atoms with Gasteiger partial charge < -0.3 is 20.1 Å². The molecule has 0 aliphatic carbocycles. The number of anilines is 1. The maximum Gasteiger partial charge on any atom is 0.408 e. The molecule has 0 aliphatic rings. The van der Waals surface area contributed by atoms with Gasteiger partial charge in [0.25, 0.3) is 0 Å². The maximum absolute atomic E-state index is 12.9. The molecule has 0 bridgehead atoms. The van der Waals surface area contributed by atoms with Crippen molar-refractivity contribution in [2.75, 3.05) is 11.9 Å². The van der Waals surface area contributed by atoms with Crippen molar-refractivity contribution in [3.05, 3.63) is 96.1 Å². The van der Waals surface area contributed by atoms with Crippen LogP contribution in [0.3, 0.4) is 0 Å². The van der Waals surface area contributed by atoms with Gasteiger partial charge >= 0.3 is 6.09 Å². The number of nitrogens with one attached hydrogen (secondary N) is 2. The van der Waals surface area contributed by atoms with Gasteiger partial charge in [-0.1, -0.05) is 60.7 Å². The molecule has 0 heterocycles. The second kappa shape index (κ2) is 11.4. The van der Waals surface area contributed by atoms with E-state index in [9.17, 15) is 9.59 Å². The third kappa shape index (κ3) is 7.19. The van der Waals surface area contributed by atoms with Gasteiger partial charge in [-0.3, -0.25) is 4.79 Å². The molecule has 0 aliphatic heterocycles. The fraction of sp³-hybridized carbons (Fsp3) is 0.200. The number of benzene rings is 3. The third-order valence-corrected chi connectivity index (χ3v) is 4.54. The second-order valence-corrected chi connectivity index (χ2v) is 6.90. The minimum atomic E-state index is -0.794. The van der Waals surface area contributed by atoms with Crippen molar-refractivity contribution in [2.24, 2.45) is 0 Å². The minimum absolute atomic E-state index is 0.130. The van der Waals surface area contributed by atoms with E-state index >= 15 is 0 Å². The Balaban J connectivity index is 1.64. The van der Waals surface area contributed by atoms with Gasteiger partial charge in [0.1, 0.15) is 18.4 Å². The molecule has 1 atom stereocenters. The first-order chi connectivity index (χ1) is 15.1. The number of rotatable bonds is 9. The first-order valence-corrected chi connectivity index (χ1v) is 10.2. The quantitative estimate of drug-likeness (QED) is 0.534. The Bertz CT molecular complexity index is 960. The van der Waals surface area contributed by atoms with Crippen molar-refractivity contribution >= 4 is 17.7 Å². The standard InChI is InChI=1S/C25H26N2O4/c1-2-30-22-15-13-21(14-16-22)26-24(28)23(17-19-9-5-3-6-10-19)27-25(29)31-18-20-11-7-4-8-12-20/h3-16,23H,2,17-18H2,1H3,(H,26,28)(H,27,29). The normalized spacial score (nSPS) is 11.3. The molecule has 0 aromatic heterocycles. The zero-order valence-corrected chi connectivity index (χ0v) is 17.4. The predicted molar refractivity (Wildman–Crippen MR) is 120 cm³/mol. The van der Waals surface area contributed by atoms with E-state index in [4.69, 9.17) is 9.47 Å². The number of alkyl carbamates (subject to hydrolysis) is 1. The number of ether oxygens (including phenoxy) is 2. The summed E-state index contributed by atoms with van der Waals surface area (Å²) in [4.78, 5) is 25.3. The number of hydrogen-bond donors (Lipinski definition) is 2.